The fourth-order valence-electron chi connectivity index (χ4n) is 5.10. The Morgan fingerprint density at radius 3 is 2.54 bits per heavy atom. The quantitative estimate of drug-likeness (QED) is 0.224. The van der Waals surface area contributed by atoms with Crippen LogP contribution < -0.4 is 21.0 Å². The van der Waals surface area contributed by atoms with Crippen molar-refractivity contribution < 1.29 is 4.74 Å². The van der Waals surface area contributed by atoms with Crippen molar-refractivity contribution in [3.63, 3.8) is 0 Å². The predicted octanol–water partition coefficient (Wildman–Crippen LogP) is 6.78. The van der Waals surface area contributed by atoms with Crippen LogP contribution in [0.3, 0.4) is 0 Å². The number of pyridine rings is 2. The number of hydrogen-bond acceptors (Lipinski definition) is 6. The number of anilines is 1. The standard InChI is InChI=1S/C31H23Cl2N5O3/c1-17(37-30-26-23(39)13-14-34-29(26)35-16-36-30)28-27(33)21-10-6-9-20(18-11-12-22(32)24(15-18)41-2)25(21)31(40)38(28)19-7-4-3-5-8-19/h3-17H,1-2H3,(H2,34,35,36,37,39)/t17-/m0/s1. The molecule has 204 valence electrons. The molecule has 0 bridgehead atoms. The molecule has 0 radical (unpaired) electrons. The smallest absolute Gasteiger partial charge is 0.263 e. The molecule has 41 heavy (non-hydrogen) atoms. The van der Waals surface area contributed by atoms with Crippen LogP contribution in [0, 0.1) is 0 Å². The normalized spacial score (nSPS) is 12.0. The van der Waals surface area contributed by atoms with E-state index in [2.05, 4.69) is 20.3 Å². The monoisotopic (exact) mass is 583 g/mol. The van der Waals surface area contributed by atoms with Gasteiger partial charge >= 0.3 is 0 Å². The molecule has 0 unspecified atom stereocenters. The molecule has 10 heteroatoms. The highest BCUT2D eigenvalue weighted by Crippen LogP contribution is 2.38. The number of benzene rings is 3. The molecule has 6 aromatic rings. The zero-order valence-electron chi connectivity index (χ0n) is 22.0. The molecule has 0 fully saturated rings. The van der Waals surface area contributed by atoms with Crippen molar-refractivity contribution in [2.45, 2.75) is 13.0 Å². The van der Waals surface area contributed by atoms with Gasteiger partial charge in [-0.2, -0.15) is 0 Å². The third kappa shape index (κ3) is 4.61. The SMILES string of the molecule is COc1cc(-c2cccc3c(Cl)c([C@H](C)Nc4ncnc5[nH]ccc(=O)c45)n(-c4ccccc4)c(=O)c23)ccc1Cl. The first-order valence-electron chi connectivity index (χ1n) is 12.7. The summed E-state index contributed by atoms with van der Waals surface area (Å²) in [6.45, 7) is 1.87. The highest BCUT2D eigenvalue weighted by atomic mass is 35.5. The predicted molar refractivity (Wildman–Crippen MR) is 164 cm³/mol. The number of methoxy groups -OCH3 is 1. The Labute approximate surface area is 244 Å². The average molecular weight is 584 g/mol. The number of rotatable bonds is 6. The number of H-pyrrole nitrogens is 1. The van der Waals surface area contributed by atoms with E-state index in [1.54, 1.807) is 23.8 Å². The fraction of sp³-hybridized carbons (Fsp3) is 0.0968. The molecule has 3 aromatic heterocycles. The van der Waals surface area contributed by atoms with E-state index in [1.165, 1.54) is 18.6 Å². The van der Waals surface area contributed by atoms with E-state index in [-0.39, 0.29) is 11.0 Å². The molecule has 8 nitrogen and oxygen atoms in total. The fourth-order valence-corrected chi connectivity index (χ4v) is 5.70. The van der Waals surface area contributed by atoms with E-state index in [0.29, 0.717) is 60.4 Å². The summed E-state index contributed by atoms with van der Waals surface area (Å²) in [6, 6.07) is 21.1. The van der Waals surface area contributed by atoms with Crippen molar-refractivity contribution >= 4 is 50.8 Å². The first kappa shape index (κ1) is 26.6. The molecule has 3 heterocycles. The van der Waals surface area contributed by atoms with Crippen LogP contribution in [-0.2, 0) is 0 Å². The first-order chi connectivity index (χ1) is 19.9. The number of halogens is 2. The van der Waals surface area contributed by atoms with Crippen molar-refractivity contribution in [2.24, 2.45) is 0 Å². The second-order valence-electron chi connectivity index (χ2n) is 9.41. The summed E-state index contributed by atoms with van der Waals surface area (Å²) in [6.07, 6.45) is 2.90. The third-order valence-electron chi connectivity index (χ3n) is 6.97. The molecule has 0 aliphatic heterocycles. The van der Waals surface area contributed by atoms with Crippen molar-refractivity contribution in [3.8, 4) is 22.6 Å². The van der Waals surface area contributed by atoms with Gasteiger partial charge in [0.1, 0.15) is 28.9 Å². The van der Waals surface area contributed by atoms with Crippen LogP contribution >= 0.6 is 23.2 Å². The Hall–Kier alpha value is -4.66. The second kappa shape index (κ2) is 10.7. The van der Waals surface area contributed by atoms with Crippen molar-refractivity contribution in [1.82, 2.24) is 19.5 Å². The molecule has 6 rings (SSSR count). The van der Waals surface area contributed by atoms with Gasteiger partial charge in [-0.1, -0.05) is 65.7 Å². The molecule has 1 atom stereocenters. The van der Waals surface area contributed by atoms with Crippen LogP contribution in [0.4, 0.5) is 5.82 Å². The minimum Gasteiger partial charge on any atom is -0.495 e. The lowest BCUT2D eigenvalue weighted by molar-refractivity contribution is 0.415. The van der Waals surface area contributed by atoms with Crippen LogP contribution in [0.2, 0.25) is 10.0 Å². The number of nitrogens with one attached hydrogen (secondary N) is 2. The highest BCUT2D eigenvalue weighted by molar-refractivity contribution is 6.36. The maximum atomic E-state index is 14.5. The van der Waals surface area contributed by atoms with Gasteiger partial charge in [-0.15, -0.1) is 0 Å². The average Bonchev–Trinajstić information content (AvgIpc) is 2.99. The molecule has 2 N–H and O–H groups in total. The van der Waals surface area contributed by atoms with E-state index in [0.717, 1.165) is 5.56 Å². The number of nitrogens with zero attached hydrogens (tertiary/aromatic N) is 3. The number of aromatic amines is 1. The number of para-hydroxylation sites is 1. The van der Waals surface area contributed by atoms with Crippen molar-refractivity contribution in [1.29, 1.82) is 0 Å². The minimum atomic E-state index is -0.545. The summed E-state index contributed by atoms with van der Waals surface area (Å²) in [5.41, 5.74) is 2.51. The molecule has 0 aliphatic rings. The van der Waals surface area contributed by atoms with Gasteiger partial charge in [0.15, 0.2) is 5.43 Å². The lowest BCUT2D eigenvalue weighted by Gasteiger charge is -2.24. The molecule has 0 aliphatic carbocycles. The van der Waals surface area contributed by atoms with Gasteiger partial charge < -0.3 is 15.0 Å². The van der Waals surface area contributed by atoms with E-state index < -0.39 is 6.04 Å². The Morgan fingerprint density at radius 2 is 1.76 bits per heavy atom. The Balaban J connectivity index is 1.62. The summed E-state index contributed by atoms with van der Waals surface area (Å²) < 4.78 is 7.03. The minimum absolute atomic E-state index is 0.234. The largest absolute Gasteiger partial charge is 0.495 e. The number of ether oxygens (including phenoxy) is 1. The molecule has 3 aromatic carbocycles. The number of aromatic nitrogens is 4. The van der Waals surface area contributed by atoms with Crippen LogP contribution in [-0.4, -0.2) is 26.6 Å². The Morgan fingerprint density at radius 1 is 0.951 bits per heavy atom. The van der Waals surface area contributed by atoms with E-state index >= 15 is 0 Å². The topological polar surface area (TPSA) is 102 Å². The lowest BCUT2D eigenvalue weighted by Crippen LogP contribution is -2.27. The zero-order chi connectivity index (χ0) is 28.7. The van der Waals surface area contributed by atoms with Gasteiger partial charge in [0, 0.05) is 23.3 Å². The van der Waals surface area contributed by atoms with Crippen LogP contribution in [0.15, 0.2) is 94.9 Å². The number of fused-ring (bicyclic) bond motifs is 2. The van der Waals surface area contributed by atoms with E-state index in [4.69, 9.17) is 27.9 Å². The maximum absolute atomic E-state index is 14.5. The van der Waals surface area contributed by atoms with Gasteiger partial charge in [-0.3, -0.25) is 14.2 Å². The van der Waals surface area contributed by atoms with Gasteiger partial charge in [-0.05, 0) is 42.3 Å². The second-order valence-corrected chi connectivity index (χ2v) is 10.2. The first-order valence-corrected chi connectivity index (χ1v) is 13.5. The molecule has 0 saturated heterocycles. The Kier molecular flexibility index (Phi) is 6.95. The summed E-state index contributed by atoms with van der Waals surface area (Å²) in [5.74, 6) is 0.826. The van der Waals surface area contributed by atoms with E-state index in [9.17, 15) is 9.59 Å². The summed E-state index contributed by atoms with van der Waals surface area (Å²) in [5, 5.41) is 5.51. The maximum Gasteiger partial charge on any atom is 0.263 e. The Bertz CT molecular complexity index is 2050. The summed E-state index contributed by atoms with van der Waals surface area (Å²) >= 11 is 13.5. The van der Waals surface area contributed by atoms with Crippen molar-refractivity contribution in [2.75, 3.05) is 12.4 Å². The van der Waals surface area contributed by atoms with Gasteiger partial charge in [0.05, 0.1) is 34.3 Å². The van der Waals surface area contributed by atoms with Crippen LogP contribution in [0.25, 0.3) is 38.6 Å². The van der Waals surface area contributed by atoms with E-state index in [1.807, 2.05) is 61.5 Å². The number of hydrogen-bond donors (Lipinski definition) is 2. The van der Waals surface area contributed by atoms with Crippen molar-refractivity contribution in [3.05, 3.63) is 122 Å². The van der Waals surface area contributed by atoms with Gasteiger partial charge in [0.25, 0.3) is 5.56 Å². The summed E-state index contributed by atoms with van der Waals surface area (Å²) in [7, 11) is 1.54. The van der Waals surface area contributed by atoms with Gasteiger partial charge in [-0.25, -0.2) is 9.97 Å². The van der Waals surface area contributed by atoms with Gasteiger partial charge in [0.2, 0.25) is 0 Å². The molecule has 0 spiro atoms. The zero-order valence-corrected chi connectivity index (χ0v) is 23.5. The van der Waals surface area contributed by atoms with Crippen LogP contribution in [0.5, 0.6) is 5.75 Å². The molecule has 0 amide bonds. The molecule has 0 saturated carbocycles. The molecular weight excluding hydrogens is 561 g/mol. The molecular formula is C31H23Cl2N5O3. The summed E-state index contributed by atoms with van der Waals surface area (Å²) in [4.78, 5) is 38.7. The highest BCUT2D eigenvalue weighted by Gasteiger charge is 2.24. The third-order valence-corrected chi connectivity index (χ3v) is 7.68. The van der Waals surface area contributed by atoms with Crippen LogP contribution in [0.1, 0.15) is 18.7 Å². The lowest BCUT2D eigenvalue weighted by atomic mass is 9.97.